The van der Waals surface area contributed by atoms with E-state index < -0.39 is 0 Å². The summed E-state index contributed by atoms with van der Waals surface area (Å²) in [7, 11) is 0. The summed E-state index contributed by atoms with van der Waals surface area (Å²) in [6.45, 7) is 12.8. The van der Waals surface area contributed by atoms with E-state index in [4.69, 9.17) is 0 Å². The Morgan fingerprint density at radius 1 is 0.900 bits per heavy atom. The number of hydrogen-bond donors (Lipinski definition) is 2. The monoisotopic (exact) mass is 271 g/mol. The molecule has 0 fully saturated rings. The number of H-pyrrole nitrogens is 1. The van der Waals surface area contributed by atoms with Gasteiger partial charge in [0.2, 0.25) is 0 Å². The molecule has 0 aliphatic heterocycles. The van der Waals surface area contributed by atoms with Crippen molar-refractivity contribution in [1.29, 1.82) is 0 Å². The van der Waals surface area contributed by atoms with Gasteiger partial charge >= 0.3 is 0 Å². The highest BCUT2D eigenvalue weighted by molar-refractivity contribution is 5.66. The number of aromatic hydroxyl groups is 1. The van der Waals surface area contributed by atoms with E-state index in [0.29, 0.717) is 5.75 Å². The highest BCUT2D eigenvalue weighted by atomic mass is 16.3. The molecule has 0 radical (unpaired) electrons. The molecule has 0 saturated carbocycles. The molecule has 0 amide bonds. The lowest BCUT2D eigenvalue weighted by molar-refractivity contribution is 0.423. The summed E-state index contributed by atoms with van der Waals surface area (Å²) in [6, 6.07) is 8.24. The molecular formula is C18H25NO. The lowest BCUT2D eigenvalue weighted by Crippen LogP contribution is -2.17. The van der Waals surface area contributed by atoms with Gasteiger partial charge in [0.15, 0.2) is 0 Å². The van der Waals surface area contributed by atoms with E-state index >= 15 is 0 Å². The largest absolute Gasteiger partial charge is 0.507 e. The molecule has 2 nitrogen and oxygen atoms in total. The maximum atomic E-state index is 10.7. The van der Waals surface area contributed by atoms with Crippen LogP contribution in [0.4, 0.5) is 0 Å². The van der Waals surface area contributed by atoms with Gasteiger partial charge in [0.1, 0.15) is 5.75 Å². The van der Waals surface area contributed by atoms with Crippen LogP contribution in [0.5, 0.6) is 5.75 Å². The molecule has 1 aromatic heterocycles. The van der Waals surface area contributed by atoms with E-state index in [0.717, 1.165) is 22.4 Å². The van der Waals surface area contributed by atoms with Gasteiger partial charge in [-0.1, -0.05) is 41.5 Å². The first-order valence-electron chi connectivity index (χ1n) is 7.12. The molecule has 2 heteroatoms. The number of phenolic OH excluding ortho intramolecular Hbond substituents is 1. The topological polar surface area (TPSA) is 36.0 Å². The minimum atomic E-state index is -0.0906. The molecule has 2 rings (SSSR count). The Hall–Kier alpha value is -1.70. The van der Waals surface area contributed by atoms with Gasteiger partial charge < -0.3 is 10.1 Å². The lowest BCUT2D eigenvalue weighted by atomic mass is 9.78. The van der Waals surface area contributed by atoms with Crippen LogP contribution in [0, 0.1) is 0 Å². The van der Waals surface area contributed by atoms with E-state index in [2.05, 4.69) is 64.7 Å². The third-order valence-electron chi connectivity index (χ3n) is 3.63. The summed E-state index contributed by atoms with van der Waals surface area (Å²) in [5.41, 5.74) is 4.02. The number of phenols is 1. The second-order valence-electron chi connectivity index (χ2n) is 7.50. The Morgan fingerprint density at radius 2 is 1.40 bits per heavy atom. The molecule has 0 bridgehead atoms. The summed E-state index contributed by atoms with van der Waals surface area (Å²) < 4.78 is 0. The average molecular weight is 271 g/mol. The Kier molecular flexibility index (Phi) is 3.45. The number of aromatic nitrogens is 1. The molecule has 2 aromatic rings. The quantitative estimate of drug-likeness (QED) is 0.753. The minimum absolute atomic E-state index is 0.0906. The van der Waals surface area contributed by atoms with Crippen molar-refractivity contribution in [2.24, 2.45) is 0 Å². The second kappa shape index (κ2) is 4.69. The van der Waals surface area contributed by atoms with E-state index in [1.807, 2.05) is 12.3 Å². The molecule has 0 aliphatic carbocycles. The van der Waals surface area contributed by atoms with Crippen LogP contribution in [0.2, 0.25) is 0 Å². The van der Waals surface area contributed by atoms with Gasteiger partial charge in [-0.15, -0.1) is 0 Å². The smallest absolute Gasteiger partial charge is 0.123 e. The summed E-state index contributed by atoms with van der Waals surface area (Å²) in [5, 5.41) is 10.7. The molecule has 0 aliphatic rings. The van der Waals surface area contributed by atoms with Gasteiger partial charge in [0.25, 0.3) is 0 Å². The van der Waals surface area contributed by atoms with Crippen molar-refractivity contribution < 1.29 is 5.11 Å². The van der Waals surface area contributed by atoms with Crippen molar-refractivity contribution in [1.82, 2.24) is 4.98 Å². The van der Waals surface area contributed by atoms with Gasteiger partial charge in [-0.25, -0.2) is 0 Å². The number of rotatable bonds is 1. The predicted octanol–water partition coefficient (Wildman–Crippen LogP) is 4.98. The molecule has 20 heavy (non-hydrogen) atoms. The Morgan fingerprint density at radius 3 is 1.75 bits per heavy atom. The van der Waals surface area contributed by atoms with Crippen molar-refractivity contribution in [3.8, 4) is 17.0 Å². The average Bonchev–Trinajstić information content (AvgIpc) is 2.79. The van der Waals surface area contributed by atoms with Crippen LogP contribution in [0.15, 0.2) is 30.5 Å². The zero-order valence-electron chi connectivity index (χ0n) is 13.3. The third kappa shape index (κ3) is 2.74. The van der Waals surface area contributed by atoms with Crippen molar-refractivity contribution in [2.45, 2.75) is 52.4 Å². The van der Waals surface area contributed by atoms with Crippen LogP contribution < -0.4 is 0 Å². The maximum Gasteiger partial charge on any atom is 0.123 e. The molecule has 1 heterocycles. The molecule has 0 saturated heterocycles. The fourth-order valence-corrected chi connectivity index (χ4v) is 2.44. The SMILES string of the molecule is CC(C)(C)c1cc(-c2ccc[nH]2)cc(C(C)(C)C)c1O. The molecule has 108 valence electrons. The first-order chi connectivity index (χ1) is 9.10. The van der Waals surface area contributed by atoms with E-state index in [1.165, 1.54) is 0 Å². The normalized spacial score (nSPS) is 12.7. The van der Waals surface area contributed by atoms with Crippen molar-refractivity contribution in [3.05, 3.63) is 41.6 Å². The zero-order chi connectivity index (χ0) is 15.1. The Balaban J connectivity index is 2.74. The second-order valence-corrected chi connectivity index (χ2v) is 7.50. The van der Waals surface area contributed by atoms with Crippen LogP contribution in [0.1, 0.15) is 52.7 Å². The van der Waals surface area contributed by atoms with Crippen molar-refractivity contribution in [3.63, 3.8) is 0 Å². The molecule has 0 spiro atoms. The van der Waals surface area contributed by atoms with Crippen molar-refractivity contribution in [2.75, 3.05) is 0 Å². The summed E-state index contributed by atoms with van der Waals surface area (Å²) in [6.07, 6.45) is 1.93. The van der Waals surface area contributed by atoms with Gasteiger partial charge in [0.05, 0.1) is 0 Å². The fraction of sp³-hybridized carbons (Fsp3) is 0.444. The maximum absolute atomic E-state index is 10.7. The number of benzene rings is 1. The Bertz CT molecular complexity index is 560. The number of hydrogen-bond acceptors (Lipinski definition) is 1. The predicted molar refractivity (Wildman–Crippen MR) is 85.3 cm³/mol. The van der Waals surface area contributed by atoms with Crippen molar-refractivity contribution >= 4 is 0 Å². The van der Waals surface area contributed by atoms with Crippen LogP contribution in [0.25, 0.3) is 11.3 Å². The number of aromatic amines is 1. The molecule has 2 N–H and O–H groups in total. The minimum Gasteiger partial charge on any atom is -0.507 e. The first-order valence-corrected chi connectivity index (χ1v) is 7.12. The standard InChI is InChI=1S/C18H25NO/c1-17(2,3)13-10-12(15-8-7-9-19-15)11-14(16(13)20)18(4,5)6/h7-11,19-20H,1-6H3. The third-order valence-corrected chi connectivity index (χ3v) is 3.63. The van der Waals surface area contributed by atoms with E-state index in [1.54, 1.807) is 0 Å². The molecular weight excluding hydrogens is 246 g/mol. The summed E-state index contributed by atoms with van der Waals surface area (Å²) in [5.74, 6) is 0.431. The van der Waals surface area contributed by atoms with Crippen LogP contribution in [-0.4, -0.2) is 10.1 Å². The summed E-state index contributed by atoms with van der Waals surface area (Å²) in [4.78, 5) is 3.25. The first kappa shape index (κ1) is 14.7. The molecule has 0 unspecified atom stereocenters. The number of nitrogens with one attached hydrogen (secondary N) is 1. The highest BCUT2D eigenvalue weighted by Crippen LogP contribution is 2.41. The highest BCUT2D eigenvalue weighted by Gasteiger charge is 2.26. The van der Waals surface area contributed by atoms with Crippen LogP contribution >= 0.6 is 0 Å². The molecule has 1 aromatic carbocycles. The lowest BCUT2D eigenvalue weighted by Gasteiger charge is -2.28. The van der Waals surface area contributed by atoms with E-state index in [9.17, 15) is 5.11 Å². The van der Waals surface area contributed by atoms with Crippen LogP contribution in [0.3, 0.4) is 0 Å². The van der Waals surface area contributed by atoms with Gasteiger partial charge in [-0.05, 0) is 40.7 Å². The Labute approximate surface area is 121 Å². The van der Waals surface area contributed by atoms with Gasteiger partial charge in [-0.3, -0.25) is 0 Å². The van der Waals surface area contributed by atoms with Crippen LogP contribution in [-0.2, 0) is 10.8 Å². The van der Waals surface area contributed by atoms with Gasteiger partial charge in [0, 0.05) is 23.0 Å². The zero-order valence-corrected chi connectivity index (χ0v) is 13.3. The fourth-order valence-electron chi connectivity index (χ4n) is 2.44. The van der Waals surface area contributed by atoms with Gasteiger partial charge in [-0.2, -0.15) is 0 Å². The molecule has 0 atom stereocenters. The van der Waals surface area contributed by atoms with E-state index in [-0.39, 0.29) is 10.8 Å². The summed E-state index contributed by atoms with van der Waals surface area (Å²) >= 11 is 0.